The number of urea groups is 1. The minimum Gasteiger partial charge on any atom is -0.351 e. The van der Waals surface area contributed by atoms with Crippen LogP contribution in [-0.2, 0) is 4.79 Å². The number of hydrogen-bond acceptors (Lipinski definition) is 2. The molecule has 3 amide bonds. The monoisotopic (exact) mass is 143 g/mol. The number of nitrogens with two attached hydrogens (primary N) is 1. The van der Waals surface area contributed by atoms with Crippen molar-refractivity contribution < 1.29 is 9.59 Å². The van der Waals surface area contributed by atoms with Gasteiger partial charge in [-0.15, -0.1) is 0 Å². The maximum Gasteiger partial charge on any atom is 0.318 e. The van der Waals surface area contributed by atoms with Crippen molar-refractivity contribution in [2.75, 3.05) is 0 Å². The number of hydrogen-bond donors (Lipinski definition) is 2. The van der Waals surface area contributed by atoms with E-state index in [1.165, 1.54) is 0 Å². The molecule has 0 aromatic heterocycles. The molecule has 0 heterocycles. The Morgan fingerprint density at radius 2 is 1.90 bits per heavy atom. The molecule has 0 rings (SSSR count). The van der Waals surface area contributed by atoms with Crippen molar-refractivity contribution in [1.82, 2.24) is 5.32 Å². The van der Waals surface area contributed by atoms with E-state index in [0.717, 1.165) is 5.92 Å². The van der Waals surface area contributed by atoms with Crippen LogP contribution >= 0.6 is 0 Å². The van der Waals surface area contributed by atoms with Crippen molar-refractivity contribution in [3.63, 3.8) is 0 Å². The van der Waals surface area contributed by atoms with Gasteiger partial charge in [0, 0.05) is 6.42 Å². The molecule has 0 bridgehead atoms. The Bertz CT molecular complexity index is 143. The lowest BCUT2D eigenvalue weighted by molar-refractivity contribution is -0.119. The van der Waals surface area contributed by atoms with Crippen LogP contribution in [0.5, 0.6) is 0 Å². The first kappa shape index (κ1) is 8.94. The molecular formula is C6H11N2O2. The zero-order valence-electron chi connectivity index (χ0n) is 6.10. The van der Waals surface area contributed by atoms with E-state index in [1.54, 1.807) is 13.8 Å². The first-order chi connectivity index (χ1) is 4.52. The van der Waals surface area contributed by atoms with E-state index in [1.807, 2.05) is 5.32 Å². The summed E-state index contributed by atoms with van der Waals surface area (Å²) in [6, 6.07) is -0.800. The topological polar surface area (TPSA) is 72.2 Å². The second kappa shape index (κ2) is 3.87. The van der Waals surface area contributed by atoms with Gasteiger partial charge in [-0.2, -0.15) is 0 Å². The summed E-state index contributed by atoms with van der Waals surface area (Å²) >= 11 is 0. The summed E-state index contributed by atoms with van der Waals surface area (Å²) < 4.78 is 0. The Hall–Kier alpha value is -1.06. The molecule has 0 spiro atoms. The molecule has 57 valence electrons. The van der Waals surface area contributed by atoms with Crippen LogP contribution in [-0.4, -0.2) is 11.9 Å². The van der Waals surface area contributed by atoms with Gasteiger partial charge in [-0.3, -0.25) is 10.1 Å². The quantitative estimate of drug-likeness (QED) is 0.579. The van der Waals surface area contributed by atoms with Crippen molar-refractivity contribution in [2.24, 2.45) is 5.73 Å². The summed E-state index contributed by atoms with van der Waals surface area (Å²) in [6.07, 6.45) is 0.253. The van der Waals surface area contributed by atoms with Gasteiger partial charge in [-0.25, -0.2) is 4.79 Å². The highest BCUT2D eigenvalue weighted by atomic mass is 16.2. The third-order valence-corrected chi connectivity index (χ3v) is 0.777. The van der Waals surface area contributed by atoms with E-state index < -0.39 is 6.03 Å². The van der Waals surface area contributed by atoms with Gasteiger partial charge in [0.05, 0.1) is 0 Å². The average molecular weight is 143 g/mol. The zero-order chi connectivity index (χ0) is 8.15. The number of amides is 3. The van der Waals surface area contributed by atoms with Gasteiger partial charge >= 0.3 is 6.03 Å². The van der Waals surface area contributed by atoms with Gasteiger partial charge in [-0.05, 0) is 5.92 Å². The Kier molecular flexibility index (Phi) is 3.46. The van der Waals surface area contributed by atoms with Crippen molar-refractivity contribution >= 4 is 11.9 Å². The molecule has 0 saturated carbocycles. The lowest BCUT2D eigenvalue weighted by Gasteiger charge is -2.01. The number of carbonyl (C=O) groups is 2. The fraction of sp³-hybridized carbons (Fsp3) is 0.500. The highest BCUT2D eigenvalue weighted by Gasteiger charge is 2.05. The average Bonchev–Trinajstić information content (AvgIpc) is 1.58. The highest BCUT2D eigenvalue weighted by molar-refractivity contribution is 5.94. The first-order valence-electron chi connectivity index (χ1n) is 2.90. The number of rotatable bonds is 2. The maximum atomic E-state index is 10.6. The van der Waals surface area contributed by atoms with Crippen LogP contribution in [0.1, 0.15) is 20.3 Å². The van der Waals surface area contributed by atoms with E-state index >= 15 is 0 Å². The fourth-order valence-corrected chi connectivity index (χ4v) is 0.503. The molecule has 0 atom stereocenters. The third kappa shape index (κ3) is 5.08. The normalized spacial score (nSPS) is 9.50. The van der Waals surface area contributed by atoms with Crippen LogP contribution in [0, 0.1) is 5.92 Å². The van der Waals surface area contributed by atoms with Crippen molar-refractivity contribution in [3.8, 4) is 0 Å². The van der Waals surface area contributed by atoms with Crippen LogP contribution < -0.4 is 11.1 Å². The first-order valence-corrected chi connectivity index (χ1v) is 2.90. The molecule has 4 heteroatoms. The van der Waals surface area contributed by atoms with Crippen LogP contribution in [0.4, 0.5) is 4.79 Å². The van der Waals surface area contributed by atoms with E-state index in [2.05, 4.69) is 5.73 Å². The zero-order valence-corrected chi connectivity index (χ0v) is 6.10. The van der Waals surface area contributed by atoms with E-state index in [0.29, 0.717) is 0 Å². The van der Waals surface area contributed by atoms with E-state index in [4.69, 9.17) is 0 Å². The van der Waals surface area contributed by atoms with Crippen LogP contribution in [0.2, 0.25) is 0 Å². The standard InChI is InChI=1S/C6H11N2O2/c1-4(2)3-5(9)8-6(7)10/h3H2,1-2H3,(H3,7,8,9,10). The Balaban J connectivity index is 3.54. The van der Waals surface area contributed by atoms with Crippen LogP contribution in [0.15, 0.2) is 0 Å². The molecular weight excluding hydrogens is 132 g/mol. The number of primary amides is 1. The molecule has 0 aromatic carbocycles. The number of imide groups is 1. The summed E-state index contributed by atoms with van der Waals surface area (Å²) in [6.45, 7) is 3.61. The van der Waals surface area contributed by atoms with Gasteiger partial charge in [0.2, 0.25) is 5.91 Å². The molecule has 0 unspecified atom stereocenters. The summed E-state index contributed by atoms with van der Waals surface area (Å²) in [5.41, 5.74) is 4.69. The lowest BCUT2D eigenvalue weighted by Crippen LogP contribution is -2.35. The molecule has 0 aliphatic rings. The number of nitrogens with one attached hydrogen (secondary N) is 1. The van der Waals surface area contributed by atoms with Crippen molar-refractivity contribution in [3.05, 3.63) is 5.92 Å². The summed E-state index contributed by atoms with van der Waals surface area (Å²) in [7, 11) is 0. The molecule has 0 fully saturated rings. The minimum absolute atomic E-state index is 0.253. The third-order valence-electron chi connectivity index (χ3n) is 0.777. The van der Waals surface area contributed by atoms with Gasteiger partial charge < -0.3 is 5.73 Å². The predicted octanol–water partition coefficient (Wildman–Crippen LogP) is 0.186. The predicted molar refractivity (Wildman–Crippen MR) is 36.9 cm³/mol. The summed E-state index contributed by atoms with van der Waals surface area (Å²) in [5.74, 6) is 0.589. The molecule has 0 aliphatic heterocycles. The van der Waals surface area contributed by atoms with Gasteiger partial charge in [-0.1, -0.05) is 13.8 Å². The van der Waals surface area contributed by atoms with E-state index in [9.17, 15) is 9.59 Å². The lowest BCUT2D eigenvalue weighted by atomic mass is 10.1. The second-order valence-corrected chi connectivity index (χ2v) is 2.30. The van der Waals surface area contributed by atoms with Gasteiger partial charge in [0.15, 0.2) is 0 Å². The molecule has 10 heavy (non-hydrogen) atoms. The SMILES string of the molecule is C[C](C)CC(=O)NC(N)=O. The largest absolute Gasteiger partial charge is 0.351 e. The second-order valence-electron chi connectivity index (χ2n) is 2.30. The summed E-state index contributed by atoms with van der Waals surface area (Å²) in [4.78, 5) is 20.7. The van der Waals surface area contributed by atoms with Crippen LogP contribution in [0.3, 0.4) is 0 Å². The Morgan fingerprint density at radius 1 is 1.40 bits per heavy atom. The molecule has 0 aromatic rings. The Morgan fingerprint density at radius 3 is 2.20 bits per heavy atom. The maximum absolute atomic E-state index is 10.6. The molecule has 0 aliphatic carbocycles. The van der Waals surface area contributed by atoms with Gasteiger partial charge in [0.1, 0.15) is 0 Å². The summed E-state index contributed by atoms with van der Waals surface area (Å²) in [5, 5.41) is 1.95. The number of carbonyl (C=O) groups excluding carboxylic acids is 2. The van der Waals surface area contributed by atoms with Crippen molar-refractivity contribution in [1.29, 1.82) is 0 Å². The highest BCUT2D eigenvalue weighted by Crippen LogP contribution is 2.00. The van der Waals surface area contributed by atoms with Gasteiger partial charge in [0.25, 0.3) is 0 Å². The molecule has 1 radical (unpaired) electrons. The smallest absolute Gasteiger partial charge is 0.318 e. The molecule has 3 N–H and O–H groups in total. The Labute approximate surface area is 59.8 Å². The van der Waals surface area contributed by atoms with E-state index in [-0.39, 0.29) is 12.3 Å². The van der Waals surface area contributed by atoms with Crippen LogP contribution in [0.25, 0.3) is 0 Å². The fourth-order valence-electron chi connectivity index (χ4n) is 0.503. The molecule has 0 saturated heterocycles. The minimum atomic E-state index is -0.800. The molecule has 4 nitrogen and oxygen atoms in total. The van der Waals surface area contributed by atoms with Crippen molar-refractivity contribution in [2.45, 2.75) is 20.3 Å².